The molecule has 2 heterocycles. The standard InChI is InChI=1S/C17H24FN3O3S.ClH/c18-13-3-5-16(6-4-13)25(23,24)20-14-7-10-21(11-8-14)17(22)12-15-2-1-9-19-15;/h3-6,14-15,19-20H,1-2,7-12H2;1H. The van der Waals surface area contributed by atoms with Gasteiger partial charge in [0.1, 0.15) is 5.82 Å². The molecule has 2 aliphatic heterocycles. The molecule has 3 rings (SSSR count). The van der Waals surface area contributed by atoms with Gasteiger partial charge < -0.3 is 10.2 Å². The van der Waals surface area contributed by atoms with Crippen LogP contribution in [0.15, 0.2) is 29.2 Å². The van der Waals surface area contributed by atoms with Crippen LogP contribution < -0.4 is 10.0 Å². The van der Waals surface area contributed by atoms with Gasteiger partial charge in [-0.25, -0.2) is 17.5 Å². The fourth-order valence-electron chi connectivity index (χ4n) is 3.42. The molecule has 0 aliphatic carbocycles. The molecule has 1 aromatic carbocycles. The number of carbonyl (C=O) groups is 1. The zero-order valence-corrected chi connectivity index (χ0v) is 16.1. The summed E-state index contributed by atoms with van der Waals surface area (Å²) in [5.74, 6) is -0.332. The summed E-state index contributed by atoms with van der Waals surface area (Å²) in [6.45, 7) is 2.09. The predicted molar refractivity (Wildman–Crippen MR) is 99.2 cm³/mol. The van der Waals surface area contributed by atoms with E-state index < -0.39 is 15.8 Å². The number of carbonyl (C=O) groups excluding carboxylic acids is 1. The van der Waals surface area contributed by atoms with Gasteiger partial charge in [0.05, 0.1) is 4.90 Å². The quantitative estimate of drug-likeness (QED) is 0.780. The van der Waals surface area contributed by atoms with Gasteiger partial charge in [0.25, 0.3) is 0 Å². The van der Waals surface area contributed by atoms with Gasteiger partial charge in [0.15, 0.2) is 0 Å². The molecule has 1 atom stereocenters. The largest absolute Gasteiger partial charge is 0.343 e. The molecule has 146 valence electrons. The van der Waals surface area contributed by atoms with Crippen molar-refractivity contribution in [3.05, 3.63) is 30.1 Å². The zero-order chi connectivity index (χ0) is 17.9. The van der Waals surface area contributed by atoms with E-state index in [0.717, 1.165) is 31.5 Å². The van der Waals surface area contributed by atoms with Crippen LogP contribution in [0.2, 0.25) is 0 Å². The van der Waals surface area contributed by atoms with Gasteiger partial charge in [0.2, 0.25) is 15.9 Å². The average molecular weight is 406 g/mol. The van der Waals surface area contributed by atoms with Crippen molar-refractivity contribution in [1.29, 1.82) is 0 Å². The van der Waals surface area contributed by atoms with Crippen LogP contribution >= 0.6 is 12.4 Å². The highest BCUT2D eigenvalue weighted by molar-refractivity contribution is 7.89. The average Bonchev–Trinajstić information content (AvgIpc) is 3.08. The first kappa shape index (κ1) is 21.1. The molecule has 0 spiro atoms. The lowest BCUT2D eigenvalue weighted by atomic mass is 10.0. The van der Waals surface area contributed by atoms with Crippen LogP contribution in [-0.4, -0.2) is 50.9 Å². The van der Waals surface area contributed by atoms with E-state index in [2.05, 4.69) is 10.0 Å². The van der Waals surface area contributed by atoms with Crippen molar-refractivity contribution < 1.29 is 17.6 Å². The summed E-state index contributed by atoms with van der Waals surface area (Å²) >= 11 is 0. The van der Waals surface area contributed by atoms with Gasteiger partial charge in [-0.3, -0.25) is 4.79 Å². The molecule has 9 heteroatoms. The van der Waals surface area contributed by atoms with Crippen LogP contribution in [0.3, 0.4) is 0 Å². The number of halogens is 2. The lowest BCUT2D eigenvalue weighted by Crippen LogP contribution is -2.47. The molecule has 0 saturated carbocycles. The molecule has 2 aliphatic rings. The number of rotatable bonds is 5. The second-order valence-electron chi connectivity index (χ2n) is 6.73. The van der Waals surface area contributed by atoms with Crippen molar-refractivity contribution in [2.24, 2.45) is 0 Å². The minimum Gasteiger partial charge on any atom is -0.343 e. The van der Waals surface area contributed by atoms with Gasteiger partial charge in [-0.05, 0) is 56.5 Å². The monoisotopic (exact) mass is 405 g/mol. The first-order valence-corrected chi connectivity index (χ1v) is 10.2. The van der Waals surface area contributed by atoms with Gasteiger partial charge in [0, 0.05) is 31.6 Å². The minimum absolute atomic E-state index is 0. The lowest BCUT2D eigenvalue weighted by Gasteiger charge is -2.33. The number of benzene rings is 1. The highest BCUT2D eigenvalue weighted by Crippen LogP contribution is 2.17. The van der Waals surface area contributed by atoms with Crippen molar-refractivity contribution in [1.82, 2.24) is 14.9 Å². The third kappa shape index (κ3) is 5.39. The Kier molecular flexibility index (Phi) is 7.40. The molecular formula is C17H25ClFN3O3S. The van der Waals surface area contributed by atoms with E-state index >= 15 is 0 Å². The Hall–Kier alpha value is -1.22. The maximum absolute atomic E-state index is 12.9. The molecule has 6 nitrogen and oxygen atoms in total. The normalized spacial score (nSPS) is 21.4. The Bertz CT molecular complexity index is 700. The van der Waals surface area contributed by atoms with E-state index in [-0.39, 0.29) is 35.3 Å². The molecule has 1 aromatic rings. The van der Waals surface area contributed by atoms with Crippen LogP contribution in [0.5, 0.6) is 0 Å². The number of piperidine rings is 1. The van der Waals surface area contributed by atoms with E-state index in [9.17, 15) is 17.6 Å². The Labute approximate surface area is 160 Å². The number of likely N-dealkylation sites (tertiary alicyclic amines) is 1. The Balaban J connectivity index is 0.00000243. The van der Waals surface area contributed by atoms with E-state index in [0.29, 0.717) is 32.4 Å². The van der Waals surface area contributed by atoms with Crippen LogP contribution in [0.1, 0.15) is 32.1 Å². The van der Waals surface area contributed by atoms with Gasteiger partial charge >= 0.3 is 0 Å². The van der Waals surface area contributed by atoms with Crippen molar-refractivity contribution in [2.75, 3.05) is 19.6 Å². The van der Waals surface area contributed by atoms with Crippen LogP contribution in [0.4, 0.5) is 4.39 Å². The molecule has 2 N–H and O–H groups in total. The number of amides is 1. The molecule has 2 saturated heterocycles. The van der Waals surface area contributed by atoms with Crippen LogP contribution in [0.25, 0.3) is 0 Å². The zero-order valence-electron chi connectivity index (χ0n) is 14.5. The SMILES string of the molecule is Cl.O=C(CC1CCCN1)N1CCC(NS(=O)(=O)c2ccc(F)cc2)CC1. The predicted octanol–water partition coefficient (Wildman–Crippen LogP) is 1.66. The van der Waals surface area contributed by atoms with E-state index in [1.54, 1.807) is 0 Å². The Morgan fingerprint density at radius 2 is 1.85 bits per heavy atom. The first-order valence-electron chi connectivity index (χ1n) is 8.73. The van der Waals surface area contributed by atoms with Crippen LogP contribution in [0, 0.1) is 5.82 Å². The summed E-state index contributed by atoms with van der Waals surface area (Å²) < 4.78 is 40.3. The number of sulfonamides is 1. The molecule has 2 fully saturated rings. The van der Waals surface area contributed by atoms with E-state index in [1.807, 2.05) is 4.90 Å². The first-order chi connectivity index (χ1) is 11.9. The maximum atomic E-state index is 12.9. The van der Waals surface area contributed by atoms with Crippen LogP contribution in [-0.2, 0) is 14.8 Å². The van der Waals surface area contributed by atoms with E-state index in [4.69, 9.17) is 0 Å². The highest BCUT2D eigenvalue weighted by Gasteiger charge is 2.28. The number of hydrogen-bond donors (Lipinski definition) is 2. The topological polar surface area (TPSA) is 78.5 Å². The summed E-state index contributed by atoms with van der Waals surface area (Å²) in [6, 6.07) is 4.85. The third-order valence-corrected chi connectivity index (χ3v) is 6.41. The Morgan fingerprint density at radius 1 is 1.19 bits per heavy atom. The van der Waals surface area contributed by atoms with Crippen molar-refractivity contribution in [2.45, 2.75) is 49.1 Å². The summed E-state index contributed by atoms with van der Waals surface area (Å²) in [4.78, 5) is 14.2. The number of nitrogens with zero attached hydrogens (tertiary/aromatic N) is 1. The molecule has 1 amide bonds. The maximum Gasteiger partial charge on any atom is 0.240 e. The highest BCUT2D eigenvalue weighted by atomic mass is 35.5. The molecule has 26 heavy (non-hydrogen) atoms. The number of nitrogens with one attached hydrogen (secondary N) is 2. The third-order valence-electron chi connectivity index (χ3n) is 4.88. The molecule has 0 bridgehead atoms. The van der Waals surface area contributed by atoms with Crippen molar-refractivity contribution in [3.8, 4) is 0 Å². The second kappa shape index (κ2) is 9.12. The molecule has 0 radical (unpaired) electrons. The van der Waals surface area contributed by atoms with E-state index in [1.165, 1.54) is 12.1 Å². The summed E-state index contributed by atoms with van der Waals surface area (Å²) in [6.07, 6.45) is 3.85. The van der Waals surface area contributed by atoms with Gasteiger partial charge in [-0.1, -0.05) is 0 Å². The summed E-state index contributed by atoms with van der Waals surface area (Å²) in [5.41, 5.74) is 0. The lowest BCUT2D eigenvalue weighted by molar-refractivity contribution is -0.132. The van der Waals surface area contributed by atoms with Gasteiger partial charge in [-0.2, -0.15) is 0 Å². The molecular weight excluding hydrogens is 381 g/mol. The van der Waals surface area contributed by atoms with Gasteiger partial charge in [-0.15, -0.1) is 12.4 Å². The number of hydrogen-bond acceptors (Lipinski definition) is 4. The molecule has 0 aromatic heterocycles. The second-order valence-corrected chi connectivity index (χ2v) is 8.44. The van der Waals surface area contributed by atoms with Crippen molar-refractivity contribution in [3.63, 3.8) is 0 Å². The fraction of sp³-hybridized carbons (Fsp3) is 0.588. The fourth-order valence-corrected chi connectivity index (χ4v) is 4.72. The van der Waals surface area contributed by atoms with Crippen molar-refractivity contribution >= 4 is 28.3 Å². The minimum atomic E-state index is -3.66. The smallest absolute Gasteiger partial charge is 0.240 e. The summed E-state index contributed by atoms with van der Waals surface area (Å²) in [5, 5.41) is 3.32. The molecule has 1 unspecified atom stereocenters. The Morgan fingerprint density at radius 3 is 2.42 bits per heavy atom. The summed E-state index contributed by atoms with van der Waals surface area (Å²) in [7, 11) is -3.66.